The summed E-state index contributed by atoms with van der Waals surface area (Å²) in [4.78, 5) is 39.4. The van der Waals surface area contributed by atoms with Gasteiger partial charge in [0.25, 0.3) is 5.56 Å². The fourth-order valence-corrected chi connectivity index (χ4v) is 2.22. The van der Waals surface area contributed by atoms with Crippen molar-refractivity contribution in [2.75, 3.05) is 13.7 Å². The molecule has 0 bridgehead atoms. The second-order valence-electron chi connectivity index (χ2n) is 5.28. The van der Waals surface area contributed by atoms with Gasteiger partial charge in [0.2, 0.25) is 17.0 Å². The molecule has 2 rings (SSSR count). The average molecular weight is 389 g/mol. The fraction of sp³-hybridized carbons (Fsp3) is 0.167. The lowest BCUT2D eigenvalue weighted by atomic mass is 10.2. The summed E-state index contributed by atoms with van der Waals surface area (Å²) in [5.74, 6) is -0.0499. The number of ether oxygens (including phenoxy) is 1. The summed E-state index contributed by atoms with van der Waals surface area (Å²) in [6.45, 7) is 3.08. The molecule has 27 heavy (non-hydrogen) atoms. The third kappa shape index (κ3) is 5.61. The molecule has 0 aliphatic rings. The molecule has 9 heteroatoms. The minimum absolute atomic E-state index is 0.0793. The Morgan fingerprint density at radius 2 is 2.11 bits per heavy atom. The Kier molecular flexibility index (Phi) is 7.01. The minimum atomic E-state index is -0.695. The van der Waals surface area contributed by atoms with Gasteiger partial charge in [0.1, 0.15) is 6.54 Å². The zero-order valence-corrected chi connectivity index (χ0v) is 15.3. The largest absolute Gasteiger partial charge is 0.481 e. The van der Waals surface area contributed by atoms with E-state index in [0.29, 0.717) is 17.1 Å². The molecular weight excluding hydrogens is 372 g/mol. The van der Waals surface area contributed by atoms with Crippen LogP contribution < -0.4 is 15.6 Å². The van der Waals surface area contributed by atoms with Crippen LogP contribution in [0.3, 0.4) is 0 Å². The number of allylic oxidation sites excluding steroid dienone is 2. The SMILES string of the molecule is C=C/C=C(/CNC(=O)Cn1nc(-c2ccc(OC)nc2)ccc1=O)C(=O)Cl. The molecule has 0 saturated heterocycles. The van der Waals surface area contributed by atoms with Crippen LogP contribution in [0.5, 0.6) is 5.88 Å². The van der Waals surface area contributed by atoms with E-state index >= 15 is 0 Å². The molecule has 1 N–H and O–H groups in total. The maximum atomic E-state index is 12.1. The van der Waals surface area contributed by atoms with Gasteiger partial charge in [-0.15, -0.1) is 0 Å². The molecule has 2 aromatic heterocycles. The van der Waals surface area contributed by atoms with Crippen molar-refractivity contribution in [2.45, 2.75) is 6.54 Å². The zero-order chi connectivity index (χ0) is 19.8. The van der Waals surface area contributed by atoms with Crippen molar-refractivity contribution in [3.63, 3.8) is 0 Å². The van der Waals surface area contributed by atoms with Crippen LogP contribution in [0, 0.1) is 0 Å². The molecule has 0 fully saturated rings. The number of hydrogen-bond donors (Lipinski definition) is 1. The molecule has 0 atom stereocenters. The van der Waals surface area contributed by atoms with Crippen molar-refractivity contribution in [3.05, 3.63) is 65.1 Å². The number of hydrogen-bond acceptors (Lipinski definition) is 6. The molecule has 2 aromatic rings. The van der Waals surface area contributed by atoms with Gasteiger partial charge in [-0.05, 0) is 23.7 Å². The number of carbonyl (C=O) groups is 2. The number of amides is 1. The maximum absolute atomic E-state index is 12.1. The Morgan fingerprint density at radius 3 is 2.70 bits per heavy atom. The summed E-state index contributed by atoms with van der Waals surface area (Å²) in [6, 6.07) is 6.25. The molecule has 8 nitrogen and oxygen atoms in total. The summed E-state index contributed by atoms with van der Waals surface area (Å²) < 4.78 is 6.02. The van der Waals surface area contributed by atoms with Crippen LogP contribution in [0.4, 0.5) is 0 Å². The standard InChI is InChI=1S/C18H17ClN4O4/c1-3-4-13(18(19)26)10-20-15(24)11-23-17(25)8-6-14(22-23)12-5-7-16(27-2)21-9-12/h3-9H,1,10-11H2,2H3,(H,20,24)/b13-4-. The first kappa shape index (κ1) is 20.1. The Hall–Kier alpha value is -3.26. The van der Waals surface area contributed by atoms with E-state index in [0.717, 1.165) is 4.68 Å². The fourth-order valence-electron chi connectivity index (χ4n) is 2.09. The highest BCUT2D eigenvalue weighted by atomic mass is 35.5. The highest BCUT2D eigenvalue weighted by molar-refractivity contribution is 6.67. The predicted molar refractivity (Wildman–Crippen MR) is 100 cm³/mol. The van der Waals surface area contributed by atoms with E-state index in [1.165, 1.54) is 31.4 Å². The Labute approximate surface area is 160 Å². The third-order valence-electron chi connectivity index (χ3n) is 3.45. The summed E-state index contributed by atoms with van der Waals surface area (Å²) in [7, 11) is 1.51. The Bertz CT molecular complexity index is 935. The van der Waals surface area contributed by atoms with Gasteiger partial charge in [-0.1, -0.05) is 18.7 Å². The number of nitrogens with one attached hydrogen (secondary N) is 1. The lowest BCUT2D eigenvalue weighted by Crippen LogP contribution is -2.34. The van der Waals surface area contributed by atoms with Crippen LogP contribution in [0.15, 0.2) is 59.6 Å². The average Bonchev–Trinajstić information content (AvgIpc) is 2.66. The lowest BCUT2D eigenvalue weighted by molar-refractivity contribution is -0.121. The molecule has 0 spiro atoms. The van der Waals surface area contributed by atoms with Crippen molar-refractivity contribution in [1.82, 2.24) is 20.1 Å². The number of methoxy groups -OCH3 is 1. The molecule has 0 radical (unpaired) electrons. The minimum Gasteiger partial charge on any atom is -0.481 e. The van der Waals surface area contributed by atoms with Crippen molar-refractivity contribution in [2.24, 2.45) is 0 Å². The van der Waals surface area contributed by atoms with Gasteiger partial charge in [0.15, 0.2) is 0 Å². The van der Waals surface area contributed by atoms with Gasteiger partial charge < -0.3 is 10.1 Å². The van der Waals surface area contributed by atoms with Gasteiger partial charge in [0.05, 0.1) is 12.8 Å². The third-order valence-corrected chi connectivity index (χ3v) is 3.69. The molecule has 140 valence electrons. The van der Waals surface area contributed by atoms with Crippen LogP contribution in [0.2, 0.25) is 0 Å². The van der Waals surface area contributed by atoms with Crippen molar-refractivity contribution >= 4 is 22.8 Å². The molecule has 0 aliphatic carbocycles. The quantitative estimate of drug-likeness (QED) is 0.415. The predicted octanol–water partition coefficient (Wildman–Crippen LogP) is 1.31. The number of aromatic nitrogens is 3. The summed E-state index contributed by atoms with van der Waals surface area (Å²) in [6.07, 6.45) is 4.34. The maximum Gasteiger partial charge on any atom is 0.267 e. The van der Waals surface area contributed by atoms with E-state index in [9.17, 15) is 14.4 Å². The van der Waals surface area contributed by atoms with E-state index in [1.54, 1.807) is 18.3 Å². The second-order valence-corrected chi connectivity index (χ2v) is 5.63. The van der Waals surface area contributed by atoms with Crippen LogP contribution in [0.25, 0.3) is 11.3 Å². The molecule has 0 aromatic carbocycles. The van der Waals surface area contributed by atoms with Gasteiger partial charge in [-0.3, -0.25) is 14.4 Å². The number of halogens is 1. The van der Waals surface area contributed by atoms with Crippen molar-refractivity contribution in [3.8, 4) is 17.1 Å². The van der Waals surface area contributed by atoms with E-state index < -0.39 is 16.7 Å². The molecule has 2 heterocycles. The lowest BCUT2D eigenvalue weighted by Gasteiger charge is -2.09. The number of carbonyl (C=O) groups excluding carboxylic acids is 2. The van der Waals surface area contributed by atoms with Gasteiger partial charge in [-0.25, -0.2) is 9.67 Å². The van der Waals surface area contributed by atoms with Crippen LogP contribution in [-0.4, -0.2) is 39.6 Å². The smallest absolute Gasteiger partial charge is 0.267 e. The topological polar surface area (TPSA) is 103 Å². The Balaban J connectivity index is 2.12. The van der Waals surface area contributed by atoms with Gasteiger partial charge in [-0.2, -0.15) is 5.10 Å². The van der Waals surface area contributed by atoms with Crippen LogP contribution in [-0.2, 0) is 16.1 Å². The number of rotatable bonds is 8. The monoisotopic (exact) mass is 388 g/mol. The van der Waals surface area contributed by atoms with Crippen molar-refractivity contribution in [1.29, 1.82) is 0 Å². The van der Waals surface area contributed by atoms with Crippen LogP contribution in [0.1, 0.15) is 0 Å². The normalized spacial score (nSPS) is 11.0. The highest BCUT2D eigenvalue weighted by Gasteiger charge is 2.11. The van der Waals surface area contributed by atoms with E-state index in [2.05, 4.69) is 22.0 Å². The highest BCUT2D eigenvalue weighted by Crippen LogP contribution is 2.16. The molecule has 0 unspecified atom stereocenters. The summed E-state index contributed by atoms with van der Waals surface area (Å²) in [5.41, 5.74) is 0.874. The molecule has 0 saturated carbocycles. The van der Waals surface area contributed by atoms with Gasteiger partial charge >= 0.3 is 0 Å². The van der Waals surface area contributed by atoms with E-state index in [4.69, 9.17) is 16.3 Å². The van der Waals surface area contributed by atoms with Crippen LogP contribution >= 0.6 is 11.6 Å². The second kappa shape index (κ2) is 9.44. The molecule has 0 aliphatic heterocycles. The van der Waals surface area contributed by atoms with E-state index in [1.807, 2.05) is 0 Å². The molecular formula is C18H17ClN4O4. The summed E-state index contributed by atoms with van der Waals surface area (Å²) >= 11 is 5.41. The van der Waals surface area contributed by atoms with Crippen molar-refractivity contribution < 1.29 is 14.3 Å². The summed E-state index contributed by atoms with van der Waals surface area (Å²) in [5, 5.41) is 5.99. The first-order chi connectivity index (χ1) is 12.9. The molecule has 1 amide bonds. The van der Waals surface area contributed by atoms with Gasteiger partial charge in [0, 0.05) is 36.0 Å². The Morgan fingerprint density at radius 1 is 1.33 bits per heavy atom. The number of pyridine rings is 1. The zero-order valence-electron chi connectivity index (χ0n) is 14.5. The van der Waals surface area contributed by atoms with E-state index in [-0.39, 0.29) is 18.7 Å². The first-order valence-electron chi connectivity index (χ1n) is 7.81. The number of nitrogens with zero attached hydrogens (tertiary/aromatic N) is 3. The first-order valence-corrected chi connectivity index (χ1v) is 8.19.